The van der Waals surface area contributed by atoms with Crippen molar-refractivity contribution in [2.75, 3.05) is 32.6 Å². The van der Waals surface area contributed by atoms with Gasteiger partial charge in [0.1, 0.15) is 11.5 Å². The van der Waals surface area contributed by atoms with Crippen LogP contribution in [0.4, 0.5) is 5.69 Å². The molecule has 1 rings (SSSR count). The Labute approximate surface area is 90.4 Å². The third-order valence-electron chi connectivity index (χ3n) is 2.24. The number of rotatable bonds is 5. The van der Waals surface area contributed by atoms with Gasteiger partial charge in [0.05, 0.1) is 19.9 Å². The van der Waals surface area contributed by atoms with Crippen molar-refractivity contribution in [2.45, 2.75) is 6.92 Å². The Kier molecular flexibility index (Phi) is 4.24. The lowest BCUT2D eigenvalue weighted by atomic mass is 10.1. The topological polar surface area (TPSA) is 56.5 Å². The van der Waals surface area contributed by atoms with Crippen LogP contribution in [-0.4, -0.2) is 27.3 Å². The van der Waals surface area contributed by atoms with Gasteiger partial charge in [-0.25, -0.2) is 0 Å². The van der Waals surface area contributed by atoms with E-state index in [0.717, 1.165) is 29.3 Å². The van der Waals surface area contributed by atoms with Crippen LogP contribution >= 0.6 is 0 Å². The fourth-order valence-corrected chi connectivity index (χ4v) is 1.50. The number of nitrogens with one attached hydrogen (secondary N) is 1. The number of anilines is 1. The van der Waals surface area contributed by atoms with Crippen molar-refractivity contribution in [2.24, 2.45) is 5.73 Å². The van der Waals surface area contributed by atoms with Crippen molar-refractivity contribution in [3.63, 3.8) is 0 Å². The lowest BCUT2D eigenvalue weighted by molar-refractivity contribution is 0.390. The molecule has 0 radical (unpaired) electrons. The van der Waals surface area contributed by atoms with Crippen LogP contribution in [0.5, 0.6) is 11.5 Å². The third kappa shape index (κ3) is 2.53. The van der Waals surface area contributed by atoms with Crippen LogP contribution in [0, 0.1) is 6.92 Å². The number of methoxy groups -OCH3 is 2. The first-order chi connectivity index (χ1) is 7.24. The Bertz CT molecular complexity index is 327. The first-order valence-electron chi connectivity index (χ1n) is 4.90. The second kappa shape index (κ2) is 5.46. The highest BCUT2D eigenvalue weighted by molar-refractivity contribution is 5.63. The molecule has 84 valence electrons. The van der Waals surface area contributed by atoms with E-state index in [2.05, 4.69) is 5.32 Å². The summed E-state index contributed by atoms with van der Waals surface area (Å²) in [6.07, 6.45) is 0. The fraction of sp³-hybridized carbons (Fsp3) is 0.455. The van der Waals surface area contributed by atoms with Gasteiger partial charge in [0, 0.05) is 18.7 Å². The SMILES string of the molecule is COc1ccc(NCCN)c(OC)c1C. The number of hydrogen-bond acceptors (Lipinski definition) is 4. The standard InChI is InChI=1S/C11H18N2O2/c1-8-10(14-2)5-4-9(11(8)15-3)13-7-6-12/h4-5,13H,6-7,12H2,1-3H3. The van der Waals surface area contributed by atoms with Gasteiger partial charge in [0.15, 0.2) is 0 Å². The van der Waals surface area contributed by atoms with E-state index < -0.39 is 0 Å². The van der Waals surface area contributed by atoms with Crippen LogP contribution in [0.2, 0.25) is 0 Å². The van der Waals surface area contributed by atoms with E-state index in [9.17, 15) is 0 Å². The normalized spacial score (nSPS) is 9.87. The summed E-state index contributed by atoms with van der Waals surface area (Å²) in [6, 6.07) is 3.84. The number of benzene rings is 1. The third-order valence-corrected chi connectivity index (χ3v) is 2.24. The van der Waals surface area contributed by atoms with Crippen molar-refractivity contribution < 1.29 is 9.47 Å². The van der Waals surface area contributed by atoms with Crippen LogP contribution in [-0.2, 0) is 0 Å². The van der Waals surface area contributed by atoms with Gasteiger partial charge >= 0.3 is 0 Å². The molecule has 0 amide bonds. The van der Waals surface area contributed by atoms with Gasteiger partial charge in [0.25, 0.3) is 0 Å². The van der Waals surface area contributed by atoms with E-state index in [1.807, 2.05) is 19.1 Å². The zero-order chi connectivity index (χ0) is 11.3. The summed E-state index contributed by atoms with van der Waals surface area (Å²) in [5.41, 5.74) is 7.37. The van der Waals surface area contributed by atoms with E-state index >= 15 is 0 Å². The molecular weight excluding hydrogens is 192 g/mol. The molecule has 0 aromatic heterocycles. The molecule has 4 heteroatoms. The maximum absolute atomic E-state index is 5.43. The Hall–Kier alpha value is -1.42. The first kappa shape index (κ1) is 11.7. The molecule has 4 nitrogen and oxygen atoms in total. The summed E-state index contributed by atoms with van der Waals surface area (Å²) >= 11 is 0. The molecule has 0 bridgehead atoms. The van der Waals surface area contributed by atoms with Crippen LogP contribution in [0.25, 0.3) is 0 Å². The molecule has 0 aliphatic rings. The maximum atomic E-state index is 5.43. The molecule has 0 spiro atoms. The van der Waals surface area contributed by atoms with Crippen LogP contribution in [0.1, 0.15) is 5.56 Å². The van der Waals surface area contributed by atoms with Gasteiger partial charge < -0.3 is 20.5 Å². The predicted molar refractivity (Wildman–Crippen MR) is 61.8 cm³/mol. The van der Waals surface area contributed by atoms with E-state index in [1.54, 1.807) is 14.2 Å². The molecule has 0 unspecified atom stereocenters. The second-order valence-corrected chi connectivity index (χ2v) is 3.19. The molecule has 0 heterocycles. The molecule has 0 aliphatic heterocycles. The number of hydrogen-bond donors (Lipinski definition) is 2. The fourth-order valence-electron chi connectivity index (χ4n) is 1.50. The zero-order valence-electron chi connectivity index (χ0n) is 9.46. The van der Waals surface area contributed by atoms with E-state index in [0.29, 0.717) is 6.54 Å². The summed E-state index contributed by atoms with van der Waals surface area (Å²) in [5.74, 6) is 1.63. The first-order valence-corrected chi connectivity index (χ1v) is 4.90. The maximum Gasteiger partial charge on any atom is 0.148 e. The molecule has 0 atom stereocenters. The molecule has 0 aliphatic carbocycles. The Balaban J connectivity index is 3.01. The van der Waals surface area contributed by atoms with Gasteiger partial charge in [-0.15, -0.1) is 0 Å². The summed E-state index contributed by atoms with van der Waals surface area (Å²) in [5, 5.41) is 3.20. The highest BCUT2D eigenvalue weighted by Crippen LogP contribution is 2.34. The highest BCUT2D eigenvalue weighted by atomic mass is 16.5. The number of nitrogens with two attached hydrogens (primary N) is 1. The van der Waals surface area contributed by atoms with Gasteiger partial charge in [-0.3, -0.25) is 0 Å². The summed E-state index contributed by atoms with van der Waals surface area (Å²) < 4.78 is 10.5. The highest BCUT2D eigenvalue weighted by Gasteiger charge is 2.10. The quantitative estimate of drug-likeness (QED) is 0.771. The average Bonchev–Trinajstić information content (AvgIpc) is 2.26. The van der Waals surface area contributed by atoms with E-state index in [-0.39, 0.29) is 0 Å². The van der Waals surface area contributed by atoms with E-state index in [1.165, 1.54) is 0 Å². The van der Waals surface area contributed by atoms with Gasteiger partial charge in [-0.2, -0.15) is 0 Å². The van der Waals surface area contributed by atoms with Gasteiger partial charge in [-0.1, -0.05) is 0 Å². The lowest BCUT2D eigenvalue weighted by Gasteiger charge is -2.15. The Morgan fingerprint density at radius 2 is 2.00 bits per heavy atom. The zero-order valence-corrected chi connectivity index (χ0v) is 9.46. The van der Waals surface area contributed by atoms with Gasteiger partial charge in [-0.05, 0) is 19.1 Å². The number of ether oxygens (including phenoxy) is 2. The molecule has 1 aromatic rings. The molecule has 0 saturated heterocycles. The molecule has 3 N–H and O–H groups in total. The minimum atomic E-state index is 0.591. The average molecular weight is 210 g/mol. The van der Waals surface area contributed by atoms with Crippen molar-refractivity contribution >= 4 is 5.69 Å². The predicted octanol–water partition coefficient (Wildman–Crippen LogP) is 1.38. The molecule has 0 fully saturated rings. The Morgan fingerprint density at radius 3 is 2.53 bits per heavy atom. The summed E-state index contributed by atoms with van der Waals surface area (Å²) in [4.78, 5) is 0. The second-order valence-electron chi connectivity index (χ2n) is 3.19. The molecule has 0 saturated carbocycles. The minimum Gasteiger partial charge on any atom is -0.496 e. The minimum absolute atomic E-state index is 0.591. The van der Waals surface area contributed by atoms with Crippen molar-refractivity contribution in [3.8, 4) is 11.5 Å². The van der Waals surface area contributed by atoms with Crippen molar-refractivity contribution in [1.82, 2.24) is 0 Å². The largest absolute Gasteiger partial charge is 0.496 e. The van der Waals surface area contributed by atoms with Crippen LogP contribution < -0.4 is 20.5 Å². The monoisotopic (exact) mass is 210 g/mol. The Morgan fingerprint density at radius 1 is 1.27 bits per heavy atom. The molecule has 1 aromatic carbocycles. The summed E-state index contributed by atoms with van der Waals surface area (Å²) in [7, 11) is 3.30. The van der Waals surface area contributed by atoms with Gasteiger partial charge in [0.2, 0.25) is 0 Å². The summed E-state index contributed by atoms with van der Waals surface area (Å²) in [6.45, 7) is 3.28. The molecule has 15 heavy (non-hydrogen) atoms. The van der Waals surface area contributed by atoms with Crippen LogP contribution in [0.15, 0.2) is 12.1 Å². The lowest BCUT2D eigenvalue weighted by Crippen LogP contribution is -2.13. The smallest absolute Gasteiger partial charge is 0.148 e. The van der Waals surface area contributed by atoms with E-state index in [4.69, 9.17) is 15.2 Å². The van der Waals surface area contributed by atoms with Crippen molar-refractivity contribution in [3.05, 3.63) is 17.7 Å². The molecular formula is C11H18N2O2. The van der Waals surface area contributed by atoms with Crippen LogP contribution in [0.3, 0.4) is 0 Å². The van der Waals surface area contributed by atoms with Crippen molar-refractivity contribution in [1.29, 1.82) is 0 Å².